The minimum atomic E-state index is -0.808. The average Bonchev–Trinajstić information content (AvgIpc) is 2.87. The van der Waals surface area contributed by atoms with Gasteiger partial charge in [0.25, 0.3) is 0 Å². The van der Waals surface area contributed by atoms with Gasteiger partial charge in [-0.15, -0.1) is 0 Å². The minimum absolute atomic E-state index is 0.0399. The zero-order valence-electron chi connectivity index (χ0n) is 9.93. The van der Waals surface area contributed by atoms with Gasteiger partial charge in [0.2, 0.25) is 5.89 Å². The van der Waals surface area contributed by atoms with Gasteiger partial charge in [0.1, 0.15) is 0 Å². The second kappa shape index (κ2) is 5.27. The molecule has 0 unspecified atom stereocenters. The van der Waals surface area contributed by atoms with Gasteiger partial charge in [-0.25, -0.2) is 0 Å². The maximum absolute atomic E-state index is 10.9. The Balaban J connectivity index is 2.01. The maximum Gasteiger partial charge on any atom is 0.317 e. The molecule has 0 atom stereocenters. The van der Waals surface area contributed by atoms with E-state index in [-0.39, 0.29) is 6.54 Å². The molecular weight excluding hydrogens is 222 g/mol. The molecule has 0 aliphatic heterocycles. The Morgan fingerprint density at radius 1 is 1.53 bits per heavy atom. The van der Waals surface area contributed by atoms with E-state index in [4.69, 9.17) is 9.63 Å². The topological polar surface area (TPSA) is 79.5 Å². The molecule has 1 aromatic rings. The zero-order valence-corrected chi connectivity index (χ0v) is 9.93. The number of carboxylic acids is 1. The molecule has 1 heterocycles. The van der Waals surface area contributed by atoms with Crippen LogP contribution in [-0.2, 0) is 11.3 Å². The van der Waals surface area contributed by atoms with E-state index in [1.165, 1.54) is 12.8 Å². The summed E-state index contributed by atoms with van der Waals surface area (Å²) in [5.41, 5.74) is 0. The lowest BCUT2D eigenvalue weighted by Gasteiger charge is -2.25. The summed E-state index contributed by atoms with van der Waals surface area (Å²) in [5, 5.41) is 12.7. The molecule has 17 heavy (non-hydrogen) atoms. The van der Waals surface area contributed by atoms with Crippen molar-refractivity contribution in [2.24, 2.45) is 0 Å². The van der Waals surface area contributed by atoms with Crippen molar-refractivity contribution >= 4 is 5.97 Å². The molecule has 0 spiro atoms. The summed E-state index contributed by atoms with van der Waals surface area (Å²) in [4.78, 5) is 16.9. The predicted molar refractivity (Wildman–Crippen MR) is 59.3 cm³/mol. The Labute approximate surface area is 99.6 Å². The average molecular weight is 239 g/mol. The fourth-order valence-corrected chi connectivity index (χ4v) is 2.34. The number of carbonyl (C=O) groups is 1. The highest BCUT2D eigenvalue weighted by atomic mass is 16.5. The van der Waals surface area contributed by atoms with Crippen LogP contribution in [0.2, 0.25) is 0 Å². The molecule has 6 nitrogen and oxygen atoms in total. The van der Waals surface area contributed by atoms with Gasteiger partial charge in [0.05, 0.1) is 13.1 Å². The van der Waals surface area contributed by atoms with Crippen LogP contribution in [0.15, 0.2) is 4.52 Å². The Morgan fingerprint density at radius 2 is 2.24 bits per heavy atom. The maximum atomic E-state index is 10.9. The third-order valence-electron chi connectivity index (χ3n) is 3.09. The first-order valence-electron chi connectivity index (χ1n) is 5.90. The van der Waals surface area contributed by atoms with Crippen LogP contribution in [0.3, 0.4) is 0 Å². The molecule has 1 N–H and O–H groups in total. The molecular formula is C11H17N3O3. The highest BCUT2D eigenvalue weighted by Crippen LogP contribution is 2.24. The number of aromatic nitrogens is 2. The van der Waals surface area contributed by atoms with Crippen molar-refractivity contribution in [3.63, 3.8) is 0 Å². The molecule has 2 rings (SSSR count). The summed E-state index contributed by atoms with van der Waals surface area (Å²) in [6.45, 7) is 2.22. The Hall–Kier alpha value is -1.43. The predicted octanol–water partition coefficient (Wildman–Crippen LogP) is 1.21. The molecule has 0 bridgehead atoms. The van der Waals surface area contributed by atoms with Crippen LogP contribution in [0.1, 0.15) is 37.4 Å². The van der Waals surface area contributed by atoms with E-state index in [9.17, 15) is 4.79 Å². The van der Waals surface area contributed by atoms with Crippen LogP contribution < -0.4 is 0 Å². The van der Waals surface area contributed by atoms with Crippen LogP contribution in [0.5, 0.6) is 0 Å². The van der Waals surface area contributed by atoms with Crippen LogP contribution in [-0.4, -0.2) is 38.7 Å². The zero-order chi connectivity index (χ0) is 12.3. The molecule has 0 amide bonds. The van der Waals surface area contributed by atoms with Gasteiger partial charge < -0.3 is 9.63 Å². The number of carboxylic acid groups (broad SMARTS) is 1. The normalized spacial score (nSPS) is 16.8. The molecule has 1 saturated carbocycles. The lowest BCUT2D eigenvalue weighted by molar-refractivity contribution is -0.139. The van der Waals surface area contributed by atoms with Gasteiger partial charge in [0.15, 0.2) is 5.82 Å². The third kappa shape index (κ3) is 3.26. The smallest absolute Gasteiger partial charge is 0.317 e. The largest absolute Gasteiger partial charge is 0.480 e. The molecule has 1 fully saturated rings. The van der Waals surface area contributed by atoms with Gasteiger partial charge in [0, 0.05) is 13.0 Å². The van der Waals surface area contributed by atoms with Gasteiger partial charge in [-0.2, -0.15) is 4.98 Å². The summed E-state index contributed by atoms with van der Waals surface area (Å²) in [6.07, 6.45) is 4.46. The van der Waals surface area contributed by atoms with Crippen molar-refractivity contribution in [3.8, 4) is 0 Å². The van der Waals surface area contributed by atoms with E-state index in [2.05, 4.69) is 10.1 Å². The van der Waals surface area contributed by atoms with Gasteiger partial charge in [-0.1, -0.05) is 18.0 Å². The van der Waals surface area contributed by atoms with Crippen molar-refractivity contribution in [2.75, 3.05) is 6.54 Å². The molecule has 0 radical (unpaired) electrons. The molecule has 0 saturated heterocycles. The Morgan fingerprint density at radius 3 is 2.76 bits per heavy atom. The summed E-state index contributed by atoms with van der Waals surface area (Å²) in [7, 11) is 0. The highest BCUT2D eigenvalue weighted by Gasteiger charge is 2.25. The third-order valence-corrected chi connectivity index (χ3v) is 3.09. The molecule has 94 valence electrons. The number of hydrogen-bond acceptors (Lipinski definition) is 5. The summed E-state index contributed by atoms with van der Waals surface area (Å²) < 4.78 is 4.90. The Kier molecular flexibility index (Phi) is 3.73. The SMILES string of the molecule is Cc1nc(CN(CC(=O)O)C2CCCC2)no1. The minimum Gasteiger partial charge on any atom is -0.480 e. The van der Waals surface area contributed by atoms with Crippen molar-refractivity contribution in [1.29, 1.82) is 0 Å². The standard InChI is InChI=1S/C11H17N3O3/c1-8-12-10(13-17-8)6-14(7-11(15)16)9-4-2-3-5-9/h9H,2-7H2,1H3,(H,15,16). The van der Waals surface area contributed by atoms with E-state index < -0.39 is 5.97 Å². The second-order valence-electron chi connectivity index (χ2n) is 4.47. The molecule has 6 heteroatoms. The van der Waals surface area contributed by atoms with E-state index in [0.29, 0.717) is 24.3 Å². The van der Waals surface area contributed by atoms with Gasteiger partial charge >= 0.3 is 5.97 Å². The summed E-state index contributed by atoms with van der Waals surface area (Å²) in [5.74, 6) is 0.273. The lowest BCUT2D eigenvalue weighted by atomic mass is 10.2. The fraction of sp³-hybridized carbons (Fsp3) is 0.727. The lowest BCUT2D eigenvalue weighted by Crippen LogP contribution is -2.37. The second-order valence-corrected chi connectivity index (χ2v) is 4.47. The van der Waals surface area contributed by atoms with E-state index >= 15 is 0 Å². The first-order valence-corrected chi connectivity index (χ1v) is 5.90. The summed E-state index contributed by atoms with van der Waals surface area (Å²) >= 11 is 0. The molecule has 0 aromatic carbocycles. The van der Waals surface area contributed by atoms with Crippen molar-refractivity contribution in [3.05, 3.63) is 11.7 Å². The van der Waals surface area contributed by atoms with Crippen LogP contribution in [0.25, 0.3) is 0 Å². The number of nitrogens with zero attached hydrogens (tertiary/aromatic N) is 3. The van der Waals surface area contributed by atoms with Crippen molar-refractivity contribution < 1.29 is 14.4 Å². The fourth-order valence-electron chi connectivity index (χ4n) is 2.34. The number of rotatable bonds is 5. The van der Waals surface area contributed by atoms with Crippen LogP contribution in [0, 0.1) is 6.92 Å². The van der Waals surface area contributed by atoms with Crippen molar-refractivity contribution in [1.82, 2.24) is 15.0 Å². The van der Waals surface area contributed by atoms with E-state index in [1.54, 1.807) is 6.92 Å². The monoisotopic (exact) mass is 239 g/mol. The molecule has 1 aliphatic rings. The van der Waals surface area contributed by atoms with Gasteiger partial charge in [-0.3, -0.25) is 9.69 Å². The van der Waals surface area contributed by atoms with Gasteiger partial charge in [-0.05, 0) is 12.8 Å². The number of aryl methyl sites for hydroxylation is 1. The van der Waals surface area contributed by atoms with Crippen LogP contribution >= 0.6 is 0 Å². The number of aliphatic carboxylic acids is 1. The van der Waals surface area contributed by atoms with Crippen LogP contribution in [0.4, 0.5) is 0 Å². The quantitative estimate of drug-likeness (QED) is 0.831. The van der Waals surface area contributed by atoms with E-state index in [0.717, 1.165) is 12.8 Å². The Bertz CT molecular complexity index is 385. The highest BCUT2D eigenvalue weighted by molar-refractivity contribution is 5.69. The first-order chi connectivity index (χ1) is 8.15. The first kappa shape index (κ1) is 12.0. The van der Waals surface area contributed by atoms with E-state index in [1.807, 2.05) is 4.90 Å². The molecule has 1 aliphatic carbocycles. The number of hydrogen-bond donors (Lipinski definition) is 1. The van der Waals surface area contributed by atoms with Crippen molar-refractivity contribution in [2.45, 2.75) is 45.2 Å². The summed E-state index contributed by atoms with van der Waals surface area (Å²) in [6, 6.07) is 0.338. The molecule has 1 aromatic heterocycles.